The van der Waals surface area contributed by atoms with E-state index < -0.39 is 12.0 Å². The van der Waals surface area contributed by atoms with Crippen LogP contribution in [0.5, 0.6) is 0 Å². The normalized spacial score (nSPS) is 14.0. The van der Waals surface area contributed by atoms with E-state index in [0.29, 0.717) is 6.42 Å². The van der Waals surface area contributed by atoms with Gasteiger partial charge in [-0.3, -0.25) is 0 Å². The van der Waals surface area contributed by atoms with Gasteiger partial charge in [0.2, 0.25) is 0 Å². The number of hydrogen-bond donors (Lipinski definition) is 2. The fourth-order valence-corrected chi connectivity index (χ4v) is 2.65. The molecule has 0 aliphatic carbocycles. The van der Waals surface area contributed by atoms with Gasteiger partial charge in [0, 0.05) is 18.8 Å². The Hall–Kier alpha value is -0.910. The molecule has 0 aliphatic rings. The molecular formula is C13H26N2O3S. The van der Waals surface area contributed by atoms with Crippen molar-refractivity contribution in [3.63, 3.8) is 0 Å². The summed E-state index contributed by atoms with van der Waals surface area (Å²) in [6.07, 6.45) is 3.29. The highest BCUT2D eigenvalue weighted by molar-refractivity contribution is 7.98. The van der Waals surface area contributed by atoms with E-state index in [1.807, 2.05) is 27.0 Å². The van der Waals surface area contributed by atoms with Crippen molar-refractivity contribution in [1.29, 1.82) is 0 Å². The first-order valence-corrected chi connectivity index (χ1v) is 7.97. The Morgan fingerprint density at radius 1 is 1.37 bits per heavy atom. The van der Waals surface area contributed by atoms with Gasteiger partial charge in [0.1, 0.15) is 6.04 Å². The second-order valence-corrected chi connectivity index (χ2v) is 6.01. The third-order valence-electron chi connectivity index (χ3n) is 3.00. The number of urea groups is 1. The van der Waals surface area contributed by atoms with Crippen LogP contribution in [0.15, 0.2) is 0 Å². The molecule has 112 valence electrons. The molecule has 0 rings (SSSR count). The fourth-order valence-electron chi connectivity index (χ4n) is 1.81. The van der Waals surface area contributed by atoms with Crippen LogP contribution in [0.25, 0.3) is 0 Å². The molecular weight excluding hydrogens is 264 g/mol. The lowest BCUT2D eigenvalue weighted by Crippen LogP contribution is -2.50. The van der Waals surface area contributed by atoms with Crippen LogP contribution in [-0.2, 0) is 4.79 Å². The maximum absolute atomic E-state index is 12.1. The number of hydrogen-bond acceptors (Lipinski definition) is 3. The lowest BCUT2D eigenvalue weighted by Gasteiger charge is -2.28. The highest BCUT2D eigenvalue weighted by Gasteiger charge is 2.25. The van der Waals surface area contributed by atoms with Crippen molar-refractivity contribution in [3.05, 3.63) is 0 Å². The van der Waals surface area contributed by atoms with Crippen LogP contribution in [0.3, 0.4) is 0 Å². The van der Waals surface area contributed by atoms with E-state index in [0.717, 1.165) is 12.2 Å². The number of carbonyl (C=O) groups is 2. The Morgan fingerprint density at radius 3 is 2.32 bits per heavy atom. The smallest absolute Gasteiger partial charge is 0.326 e. The Bertz CT molecular complexity index is 298. The van der Waals surface area contributed by atoms with Crippen molar-refractivity contribution in [3.8, 4) is 0 Å². The van der Waals surface area contributed by atoms with Crippen molar-refractivity contribution in [2.75, 3.05) is 19.1 Å². The van der Waals surface area contributed by atoms with E-state index in [-0.39, 0.29) is 18.0 Å². The molecule has 0 spiro atoms. The van der Waals surface area contributed by atoms with Crippen LogP contribution < -0.4 is 5.32 Å². The van der Waals surface area contributed by atoms with E-state index in [1.165, 1.54) is 0 Å². The van der Waals surface area contributed by atoms with Crippen LogP contribution in [0.1, 0.15) is 33.6 Å². The van der Waals surface area contributed by atoms with Gasteiger partial charge < -0.3 is 15.3 Å². The number of carbonyl (C=O) groups excluding carboxylic acids is 1. The number of aliphatic carboxylic acids is 1. The molecule has 0 bridgehead atoms. The molecule has 1 unspecified atom stereocenters. The number of nitrogens with one attached hydrogen (secondary N) is 1. The quantitative estimate of drug-likeness (QED) is 0.719. The van der Waals surface area contributed by atoms with Gasteiger partial charge in [-0.15, -0.1) is 0 Å². The Labute approximate surface area is 120 Å². The van der Waals surface area contributed by atoms with Gasteiger partial charge >= 0.3 is 12.0 Å². The molecule has 5 nitrogen and oxygen atoms in total. The summed E-state index contributed by atoms with van der Waals surface area (Å²) in [5.74, 6) is 0.0933. The van der Waals surface area contributed by atoms with Gasteiger partial charge in [0.05, 0.1) is 0 Å². The molecule has 0 aromatic carbocycles. The number of rotatable bonds is 8. The Morgan fingerprint density at radius 2 is 1.95 bits per heavy atom. The molecule has 19 heavy (non-hydrogen) atoms. The van der Waals surface area contributed by atoms with Crippen molar-refractivity contribution >= 4 is 23.8 Å². The topological polar surface area (TPSA) is 69.6 Å². The molecule has 0 saturated carbocycles. The standard InChI is InChI=1S/C13H26N2O3S/c1-6-10(8-19-5)15(4)13(18)14-11(12(16)17)7-9(2)3/h9-11H,6-8H2,1-5H3,(H,14,18)(H,16,17)/t10?,11-/m0/s1. The molecule has 2 N–H and O–H groups in total. The zero-order chi connectivity index (χ0) is 15.0. The van der Waals surface area contributed by atoms with Crippen LogP contribution in [0.4, 0.5) is 4.79 Å². The summed E-state index contributed by atoms with van der Waals surface area (Å²) in [6, 6.07) is -1.00. The van der Waals surface area contributed by atoms with Crippen LogP contribution in [-0.4, -0.2) is 53.1 Å². The first-order chi connectivity index (χ1) is 8.83. The molecule has 2 atom stereocenters. The van der Waals surface area contributed by atoms with Gasteiger partial charge in [0.25, 0.3) is 0 Å². The largest absolute Gasteiger partial charge is 0.480 e. The Kier molecular flexibility index (Phi) is 8.63. The SMILES string of the molecule is CCC(CSC)N(C)C(=O)N[C@@H](CC(C)C)C(=O)O. The number of thioether (sulfide) groups is 1. The molecule has 0 radical (unpaired) electrons. The number of nitrogens with zero attached hydrogens (tertiary/aromatic N) is 1. The first-order valence-electron chi connectivity index (χ1n) is 6.58. The second kappa shape index (κ2) is 9.07. The highest BCUT2D eigenvalue weighted by atomic mass is 32.2. The fraction of sp³-hybridized carbons (Fsp3) is 0.846. The van der Waals surface area contributed by atoms with Gasteiger partial charge in [0.15, 0.2) is 0 Å². The molecule has 2 amide bonds. The van der Waals surface area contributed by atoms with Crippen molar-refractivity contribution < 1.29 is 14.7 Å². The number of amides is 2. The van der Waals surface area contributed by atoms with Gasteiger partial charge in [-0.05, 0) is 25.0 Å². The van der Waals surface area contributed by atoms with Gasteiger partial charge in [-0.2, -0.15) is 11.8 Å². The minimum absolute atomic E-state index is 0.128. The van der Waals surface area contributed by atoms with E-state index in [9.17, 15) is 9.59 Å². The minimum Gasteiger partial charge on any atom is -0.480 e. The Balaban J connectivity index is 4.57. The summed E-state index contributed by atoms with van der Waals surface area (Å²) in [7, 11) is 1.72. The third-order valence-corrected chi connectivity index (χ3v) is 3.72. The summed E-state index contributed by atoms with van der Waals surface area (Å²) in [6.45, 7) is 5.90. The zero-order valence-corrected chi connectivity index (χ0v) is 13.3. The molecule has 0 heterocycles. The van der Waals surface area contributed by atoms with Crippen molar-refractivity contribution in [2.45, 2.75) is 45.7 Å². The first kappa shape index (κ1) is 18.1. The lowest BCUT2D eigenvalue weighted by molar-refractivity contribution is -0.139. The molecule has 0 aliphatic heterocycles. The van der Waals surface area contributed by atoms with Gasteiger partial charge in [-0.1, -0.05) is 20.8 Å². The zero-order valence-electron chi connectivity index (χ0n) is 12.5. The maximum Gasteiger partial charge on any atom is 0.326 e. The second-order valence-electron chi connectivity index (χ2n) is 5.10. The average Bonchev–Trinajstić information content (AvgIpc) is 2.33. The van der Waals surface area contributed by atoms with Gasteiger partial charge in [-0.25, -0.2) is 9.59 Å². The molecule has 0 saturated heterocycles. The number of carboxylic acid groups (broad SMARTS) is 1. The summed E-state index contributed by atoms with van der Waals surface area (Å²) in [5, 5.41) is 11.7. The van der Waals surface area contributed by atoms with E-state index in [2.05, 4.69) is 5.32 Å². The minimum atomic E-state index is -0.978. The molecule has 6 heteroatoms. The van der Waals surface area contributed by atoms with E-state index in [4.69, 9.17) is 5.11 Å². The summed E-state index contributed by atoms with van der Waals surface area (Å²) < 4.78 is 0. The van der Waals surface area contributed by atoms with Crippen LogP contribution in [0.2, 0.25) is 0 Å². The van der Waals surface area contributed by atoms with E-state index >= 15 is 0 Å². The summed E-state index contributed by atoms with van der Waals surface area (Å²) in [4.78, 5) is 24.8. The summed E-state index contributed by atoms with van der Waals surface area (Å²) >= 11 is 1.68. The molecule has 0 aromatic rings. The van der Waals surface area contributed by atoms with Crippen molar-refractivity contribution in [2.24, 2.45) is 5.92 Å². The monoisotopic (exact) mass is 290 g/mol. The molecule has 0 fully saturated rings. The van der Waals surface area contributed by atoms with Crippen molar-refractivity contribution in [1.82, 2.24) is 10.2 Å². The predicted molar refractivity (Wildman–Crippen MR) is 79.6 cm³/mol. The third kappa shape index (κ3) is 6.71. The predicted octanol–water partition coefficient (Wildman–Crippen LogP) is 2.27. The number of carboxylic acids is 1. The lowest BCUT2D eigenvalue weighted by atomic mass is 10.0. The van der Waals surface area contributed by atoms with Crippen LogP contribution >= 0.6 is 11.8 Å². The highest BCUT2D eigenvalue weighted by Crippen LogP contribution is 2.10. The average molecular weight is 290 g/mol. The van der Waals surface area contributed by atoms with Crippen LogP contribution in [0, 0.1) is 5.92 Å². The van der Waals surface area contributed by atoms with E-state index in [1.54, 1.807) is 23.7 Å². The summed E-state index contributed by atoms with van der Waals surface area (Å²) in [5.41, 5.74) is 0. The molecule has 0 aromatic heterocycles. The maximum atomic E-state index is 12.1.